The Balaban J connectivity index is 1.70. The van der Waals surface area contributed by atoms with Crippen LogP contribution in [0.3, 0.4) is 0 Å². The van der Waals surface area contributed by atoms with Crippen LogP contribution in [-0.2, 0) is 0 Å². The predicted molar refractivity (Wildman–Crippen MR) is 110 cm³/mol. The van der Waals surface area contributed by atoms with E-state index in [1.165, 1.54) is 17.1 Å². The summed E-state index contributed by atoms with van der Waals surface area (Å²) in [5, 5.41) is 5.55. The van der Waals surface area contributed by atoms with Crippen LogP contribution in [0.25, 0.3) is 0 Å². The highest BCUT2D eigenvalue weighted by molar-refractivity contribution is 8.19. The number of hydrogen-bond donors (Lipinski definition) is 3. The number of carbonyl (C=O) groups excluding carboxylic acids is 2. The van der Waals surface area contributed by atoms with Crippen LogP contribution in [0.5, 0.6) is 0 Å². The summed E-state index contributed by atoms with van der Waals surface area (Å²) < 4.78 is 0.457. The van der Waals surface area contributed by atoms with Crippen molar-refractivity contribution < 1.29 is 9.59 Å². The highest BCUT2D eigenvalue weighted by Gasteiger charge is 2.19. The van der Waals surface area contributed by atoms with Crippen LogP contribution in [-0.4, -0.2) is 36.4 Å². The molecular weight excluding hydrogens is 366 g/mol. The molecule has 3 rings (SSSR count). The number of nitrogens with two attached hydrogens (primary N) is 1. The van der Waals surface area contributed by atoms with Crippen LogP contribution in [0.1, 0.15) is 30.9 Å². The minimum atomic E-state index is -0.253. The number of amides is 2. The van der Waals surface area contributed by atoms with Crippen LogP contribution in [0.2, 0.25) is 0 Å². The molecule has 4 N–H and O–H groups in total. The van der Waals surface area contributed by atoms with E-state index in [2.05, 4.69) is 10.6 Å². The second kappa shape index (κ2) is 9.12. The number of anilines is 1. The largest absolute Gasteiger partial charge is 0.351 e. The van der Waals surface area contributed by atoms with Gasteiger partial charge in [-0.05, 0) is 29.8 Å². The Bertz CT molecular complexity index is 775. The Kier molecular flexibility index (Phi) is 6.60. The summed E-state index contributed by atoms with van der Waals surface area (Å²) in [6, 6.07) is 14.6. The third kappa shape index (κ3) is 4.60. The third-order valence-electron chi connectivity index (χ3n) is 3.92. The molecule has 0 bridgehead atoms. The Hall–Kier alpha value is -1.96. The summed E-state index contributed by atoms with van der Waals surface area (Å²) in [5.74, 6) is 1.85. The van der Waals surface area contributed by atoms with E-state index in [1.54, 1.807) is 24.3 Å². The topological polar surface area (TPSA) is 84.2 Å². The van der Waals surface area contributed by atoms with Crippen molar-refractivity contribution in [1.82, 2.24) is 5.32 Å². The highest BCUT2D eigenvalue weighted by atomic mass is 32.2. The number of benzene rings is 2. The van der Waals surface area contributed by atoms with Gasteiger partial charge in [-0.15, -0.1) is 23.5 Å². The molecule has 1 aliphatic rings. The van der Waals surface area contributed by atoms with Crippen molar-refractivity contribution in [1.29, 1.82) is 0 Å². The van der Waals surface area contributed by atoms with Gasteiger partial charge in [0, 0.05) is 30.2 Å². The maximum Gasteiger partial charge on any atom is 0.255 e. The molecule has 0 aliphatic carbocycles. The number of nitrogens with one attached hydrogen (secondary N) is 2. The van der Waals surface area contributed by atoms with E-state index in [-0.39, 0.29) is 11.8 Å². The van der Waals surface area contributed by atoms with Gasteiger partial charge in [0.25, 0.3) is 11.8 Å². The van der Waals surface area contributed by atoms with Gasteiger partial charge in [-0.25, -0.2) is 0 Å². The number of carbonyl (C=O) groups is 2. The minimum absolute atomic E-state index is 0.234. The van der Waals surface area contributed by atoms with Gasteiger partial charge in [-0.3, -0.25) is 9.59 Å². The van der Waals surface area contributed by atoms with E-state index in [0.29, 0.717) is 34.5 Å². The molecule has 7 heteroatoms. The molecule has 1 saturated heterocycles. The lowest BCUT2D eigenvalue weighted by atomic mass is 10.1. The van der Waals surface area contributed by atoms with Crippen LogP contribution in [0, 0.1) is 0 Å². The molecule has 1 aliphatic heterocycles. The minimum Gasteiger partial charge on any atom is -0.351 e. The zero-order chi connectivity index (χ0) is 18.4. The van der Waals surface area contributed by atoms with E-state index in [9.17, 15) is 9.59 Å². The van der Waals surface area contributed by atoms with E-state index >= 15 is 0 Å². The summed E-state index contributed by atoms with van der Waals surface area (Å²) in [7, 11) is 0. The number of hydrogen-bond acceptors (Lipinski definition) is 5. The Morgan fingerprint density at radius 2 is 1.69 bits per heavy atom. The molecule has 2 aromatic rings. The molecular formula is C19H21N3O2S2. The summed E-state index contributed by atoms with van der Waals surface area (Å²) in [6.45, 7) is 0.754. The lowest BCUT2D eigenvalue weighted by Gasteiger charge is -2.12. The van der Waals surface area contributed by atoms with Crippen LogP contribution >= 0.6 is 23.5 Å². The number of rotatable bonds is 6. The Labute approximate surface area is 161 Å². The second-order valence-electron chi connectivity index (χ2n) is 5.74. The molecule has 26 heavy (non-hydrogen) atoms. The maximum absolute atomic E-state index is 12.6. The number of para-hydroxylation sites is 1. The smallest absolute Gasteiger partial charge is 0.255 e. The molecule has 2 amide bonds. The quantitative estimate of drug-likeness (QED) is 0.709. The molecule has 0 saturated carbocycles. The fourth-order valence-electron chi connectivity index (χ4n) is 2.61. The SMILES string of the molecule is NCCNC(=O)c1ccccc1NC(=O)c1ccc(C2SCCS2)cc1. The first-order valence-corrected chi connectivity index (χ1v) is 10.5. The summed E-state index contributed by atoms with van der Waals surface area (Å²) in [5.41, 5.74) is 8.13. The van der Waals surface area contributed by atoms with E-state index in [1.807, 2.05) is 47.8 Å². The lowest BCUT2D eigenvalue weighted by Crippen LogP contribution is -2.30. The normalized spacial score (nSPS) is 14.2. The van der Waals surface area contributed by atoms with Crippen molar-refractivity contribution >= 4 is 41.0 Å². The zero-order valence-corrected chi connectivity index (χ0v) is 15.9. The van der Waals surface area contributed by atoms with Crippen molar-refractivity contribution in [3.63, 3.8) is 0 Å². The molecule has 0 aromatic heterocycles. The molecule has 1 fully saturated rings. The van der Waals surface area contributed by atoms with Crippen LogP contribution in [0.15, 0.2) is 48.5 Å². The summed E-state index contributed by atoms with van der Waals surface area (Å²) >= 11 is 3.87. The van der Waals surface area contributed by atoms with Gasteiger partial charge in [0.15, 0.2) is 0 Å². The van der Waals surface area contributed by atoms with Gasteiger partial charge < -0.3 is 16.4 Å². The van der Waals surface area contributed by atoms with Gasteiger partial charge in [0.05, 0.1) is 15.8 Å². The molecule has 136 valence electrons. The zero-order valence-electron chi connectivity index (χ0n) is 14.2. The molecule has 0 atom stereocenters. The first-order chi connectivity index (χ1) is 12.7. The van der Waals surface area contributed by atoms with Gasteiger partial charge in [-0.2, -0.15) is 0 Å². The van der Waals surface area contributed by atoms with Crippen LogP contribution < -0.4 is 16.4 Å². The highest BCUT2D eigenvalue weighted by Crippen LogP contribution is 2.45. The first-order valence-electron chi connectivity index (χ1n) is 8.41. The second-order valence-corrected chi connectivity index (χ2v) is 8.46. The summed E-state index contributed by atoms with van der Waals surface area (Å²) in [6.07, 6.45) is 0. The van der Waals surface area contributed by atoms with Crippen molar-refractivity contribution in [2.45, 2.75) is 4.58 Å². The fraction of sp³-hybridized carbons (Fsp3) is 0.263. The first kappa shape index (κ1) is 18.8. The third-order valence-corrected chi connectivity index (χ3v) is 7.02. The van der Waals surface area contributed by atoms with Crippen molar-refractivity contribution in [2.75, 3.05) is 29.9 Å². The molecule has 2 aromatic carbocycles. The standard InChI is InChI=1S/C19H21N3O2S2/c20-9-10-21-18(24)15-3-1-2-4-16(15)22-17(23)13-5-7-14(8-6-13)19-25-11-12-26-19/h1-8,19H,9-12,20H2,(H,21,24)(H,22,23). The van der Waals surface area contributed by atoms with E-state index in [4.69, 9.17) is 5.73 Å². The monoisotopic (exact) mass is 387 g/mol. The molecule has 0 unspecified atom stereocenters. The van der Waals surface area contributed by atoms with Crippen molar-refractivity contribution in [3.05, 3.63) is 65.2 Å². The molecule has 0 radical (unpaired) electrons. The lowest BCUT2D eigenvalue weighted by molar-refractivity contribution is 0.0955. The number of thioether (sulfide) groups is 2. The molecule has 0 spiro atoms. The van der Waals surface area contributed by atoms with Crippen molar-refractivity contribution in [3.8, 4) is 0 Å². The van der Waals surface area contributed by atoms with Gasteiger partial charge in [-0.1, -0.05) is 24.3 Å². The predicted octanol–water partition coefficient (Wildman–Crippen LogP) is 3.11. The Morgan fingerprint density at radius 1 is 1.00 bits per heavy atom. The Morgan fingerprint density at radius 3 is 2.38 bits per heavy atom. The van der Waals surface area contributed by atoms with Gasteiger partial charge >= 0.3 is 0 Å². The van der Waals surface area contributed by atoms with E-state index < -0.39 is 0 Å². The maximum atomic E-state index is 12.6. The van der Waals surface area contributed by atoms with Gasteiger partial charge in [0.1, 0.15) is 0 Å². The van der Waals surface area contributed by atoms with Crippen LogP contribution in [0.4, 0.5) is 5.69 Å². The fourth-order valence-corrected chi connectivity index (χ4v) is 5.47. The van der Waals surface area contributed by atoms with Crippen molar-refractivity contribution in [2.24, 2.45) is 5.73 Å². The average Bonchev–Trinajstić information content (AvgIpc) is 3.21. The average molecular weight is 388 g/mol. The van der Waals surface area contributed by atoms with E-state index in [0.717, 1.165) is 0 Å². The molecule has 5 nitrogen and oxygen atoms in total. The summed E-state index contributed by atoms with van der Waals surface area (Å²) in [4.78, 5) is 24.8. The molecule has 1 heterocycles. The van der Waals surface area contributed by atoms with Gasteiger partial charge in [0.2, 0.25) is 0 Å².